The summed E-state index contributed by atoms with van der Waals surface area (Å²) in [6.07, 6.45) is -3.74. The Bertz CT molecular complexity index is 1360. The maximum Gasteiger partial charge on any atom is 0.303 e. The van der Waals surface area contributed by atoms with Crippen molar-refractivity contribution >= 4 is 5.97 Å². The third kappa shape index (κ3) is 4.62. The van der Waals surface area contributed by atoms with Crippen molar-refractivity contribution in [1.82, 2.24) is 0 Å². The van der Waals surface area contributed by atoms with Gasteiger partial charge >= 0.3 is 5.97 Å². The van der Waals surface area contributed by atoms with Crippen LogP contribution in [-0.4, -0.2) is 117 Å². The van der Waals surface area contributed by atoms with Crippen molar-refractivity contribution in [2.45, 2.75) is 167 Å². The van der Waals surface area contributed by atoms with Crippen molar-refractivity contribution in [1.29, 1.82) is 0 Å². The molecular weight excluding hydrogens is 648 g/mol. The minimum absolute atomic E-state index is 0.0830. The molecule has 18 unspecified atom stereocenters. The smallest absolute Gasteiger partial charge is 0.303 e. The maximum absolute atomic E-state index is 12.7. The van der Waals surface area contributed by atoms with Gasteiger partial charge in [0.05, 0.1) is 18.8 Å². The molecule has 2 heterocycles. The summed E-state index contributed by atoms with van der Waals surface area (Å²) in [5.41, 5.74) is -3.09. The van der Waals surface area contributed by atoms with E-state index in [1.54, 1.807) is 7.11 Å². The molecule has 18 atom stereocenters. The molecule has 2 spiro atoms. The van der Waals surface area contributed by atoms with Crippen LogP contribution in [0.15, 0.2) is 0 Å². The van der Waals surface area contributed by atoms with E-state index in [1.165, 1.54) is 6.92 Å². The number of methoxy groups -OCH3 is 1. The molecule has 0 aromatic rings. The van der Waals surface area contributed by atoms with Gasteiger partial charge in [-0.25, -0.2) is 0 Å². The van der Waals surface area contributed by atoms with Gasteiger partial charge in [-0.15, -0.1) is 0 Å². The predicted molar refractivity (Wildman–Crippen MR) is 178 cm³/mol. The number of aliphatic hydroxyl groups excluding tert-OH is 5. The summed E-state index contributed by atoms with van der Waals surface area (Å²) in [6.45, 7) is 15.5. The van der Waals surface area contributed by atoms with Crippen molar-refractivity contribution in [3.63, 3.8) is 0 Å². The molecule has 0 aromatic carbocycles. The number of ether oxygens (including phenoxy) is 5. The van der Waals surface area contributed by atoms with Gasteiger partial charge in [0.15, 0.2) is 18.2 Å². The van der Waals surface area contributed by atoms with Crippen LogP contribution >= 0.6 is 0 Å². The quantitative estimate of drug-likeness (QED) is 0.175. The number of rotatable bonds is 6. The van der Waals surface area contributed by atoms with Gasteiger partial charge in [-0.3, -0.25) is 4.79 Å². The molecule has 2 saturated heterocycles. The SMILES string of the molecule is COC(C)(C)C(OC(C)=O)C1CC(C)C2C(O)(O1)C(O)C1(C)C3C(O)CC4C(C)(C)C(OC5OCC(O)C(O)C5O)CCC45CC35CCC21C. The van der Waals surface area contributed by atoms with E-state index >= 15 is 0 Å². The molecule has 5 aliphatic carbocycles. The van der Waals surface area contributed by atoms with Crippen molar-refractivity contribution in [2.24, 2.45) is 50.7 Å². The normalized spacial score (nSPS) is 55.8. The van der Waals surface area contributed by atoms with E-state index < -0.39 is 88.5 Å². The monoisotopic (exact) mass is 710 g/mol. The van der Waals surface area contributed by atoms with Gasteiger partial charge in [-0.05, 0) is 98.2 Å². The summed E-state index contributed by atoms with van der Waals surface area (Å²) in [4.78, 5) is 12.3. The number of hydrogen-bond donors (Lipinski definition) is 6. The average molecular weight is 711 g/mol. The first-order valence-corrected chi connectivity index (χ1v) is 18.9. The van der Waals surface area contributed by atoms with Gasteiger partial charge < -0.3 is 54.3 Å². The zero-order valence-electron chi connectivity index (χ0n) is 31.3. The first-order chi connectivity index (χ1) is 23.1. The molecule has 12 heteroatoms. The highest BCUT2D eigenvalue weighted by Crippen LogP contribution is 2.89. The number of carbonyl (C=O) groups is 1. The van der Waals surface area contributed by atoms with E-state index in [2.05, 4.69) is 34.6 Å². The highest BCUT2D eigenvalue weighted by Gasteiger charge is 2.88. The molecule has 0 radical (unpaired) electrons. The summed E-state index contributed by atoms with van der Waals surface area (Å²) in [7, 11) is 1.55. The molecule has 0 bridgehead atoms. The topological polar surface area (TPSA) is 185 Å². The summed E-state index contributed by atoms with van der Waals surface area (Å²) in [6, 6.07) is 0. The molecule has 7 rings (SSSR count). The second-order valence-electron chi connectivity index (χ2n) is 19.1. The van der Waals surface area contributed by atoms with Gasteiger partial charge in [0.1, 0.15) is 36.1 Å². The summed E-state index contributed by atoms with van der Waals surface area (Å²) >= 11 is 0. The van der Waals surface area contributed by atoms with Crippen LogP contribution in [-0.2, 0) is 28.5 Å². The molecular formula is C38H62O12. The average Bonchev–Trinajstić information content (AvgIpc) is 3.66. The first-order valence-electron chi connectivity index (χ1n) is 18.9. The van der Waals surface area contributed by atoms with Crippen LogP contribution in [0, 0.1) is 50.7 Å². The van der Waals surface area contributed by atoms with Crippen LogP contribution in [0.5, 0.6) is 0 Å². The lowest BCUT2D eigenvalue weighted by Gasteiger charge is -2.64. The minimum atomic E-state index is -1.93. The first kappa shape index (κ1) is 37.4. The predicted octanol–water partition coefficient (Wildman–Crippen LogP) is 2.27. The minimum Gasteiger partial charge on any atom is -0.457 e. The van der Waals surface area contributed by atoms with Crippen molar-refractivity contribution in [2.75, 3.05) is 13.7 Å². The lowest BCUT2D eigenvalue weighted by molar-refractivity contribution is -0.343. The van der Waals surface area contributed by atoms with Crippen LogP contribution in [0.1, 0.15) is 100 Å². The van der Waals surface area contributed by atoms with Crippen LogP contribution in [0.3, 0.4) is 0 Å². The molecule has 0 aromatic heterocycles. The van der Waals surface area contributed by atoms with Crippen molar-refractivity contribution in [3.8, 4) is 0 Å². The van der Waals surface area contributed by atoms with E-state index in [0.717, 1.165) is 25.7 Å². The fourth-order valence-electron chi connectivity index (χ4n) is 13.9. The molecule has 0 amide bonds. The Balaban J connectivity index is 1.19. The van der Waals surface area contributed by atoms with Crippen LogP contribution in [0.4, 0.5) is 0 Å². The van der Waals surface area contributed by atoms with Gasteiger partial charge in [0, 0.05) is 25.4 Å². The van der Waals surface area contributed by atoms with Gasteiger partial charge in [-0.2, -0.15) is 0 Å². The summed E-state index contributed by atoms with van der Waals surface area (Å²) in [5, 5.41) is 68.6. The third-order valence-corrected chi connectivity index (χ3v) is 16.4. The molecule has 50 heavy (non-hydrogen) atoms. The fourth-order valence-corrected chi connectivity index (χ4v) is 13.9. The fraction of sp³-hybridized carbons (Fsp3) is 0.974. The van der Waals surface area contributed by atoms with E-state index in [4.69, 9.17) is 23.7 Å². The lowest BCUT2D eigenvalue weighted by atomic mass is 9.40. The number of esters is 1. The zero-order chi connectivity index (χ0) is 36.8. The Morgan fingerprint density at radius 3 is 2.24 bits per heavy atom. The summed E-state index contributed by atoms with van der Waals surface area (Å²) < 4.78 is 30.2. The third-order valence-electron chi connectivity index (χ3n) is 16.4. The van der Waals surface area contributed by atoms with Crippen molar-refractivity contribution < 1.29 is 59.1 Å². The van der Waals surface area contributed by atoms with Crippen molar-refractivity contribution in [3.05, 3.63) is 0 Å². The summed E-state index contributed by atoms with van der Waals surface area (Å²) in [5.74, 6) is -3.10. The van der Waals surface area contributed by atoms with E-state index in [1.807, 2.05) is 13.8 Å². The van der Waals surface area contributed by atoms with Gasteiger partial charge in [-0.1, -0.05) is 34.6 Å². The van der Waals surface area contributed by atoms with Crippen LogP contribution in [0.2, 0.25) is 0 Å². The van der Waals surface area contributed by atoms with Gasteiger partial charge in [0.2, 0.25) is 0 Å². The number of carbonyl (C=O) groups excluding carboxylic acids is 1. The second kappa shape index (κ2) is 11.5. The molecule has 12 nitrogen and oxygen atoms in total. The van der Waals surface area contributed by atoms with E-state index in [9.17, 15) is 35.4 Å². The molecule has 5 saturated carbocycles. The van der Waals surface area contributed by atoms with E-state index in [0.29, 0.717) is 19.3 Å². The maximum atomic E-state index is 12.7. The number of hydrogen-bond acceptors (Lipinski definition) is 12. The lowest BCUT2D eigenvalue weighted by Crippen LogP contribution is -2.64. The molecule has 6 N–H and O–H groups in total. The highest BCUT2D eigenvalue weighted by atomic mass is 16.7. The number of fused-ring (bicyclic) bond motifs is 4. The molecule has 7 aliphatic rings. The standard InChI is InChI=1S/C38H62O12/c1-18-14-22(29(48-19(2)39)33(5,6)46-9)50-38(45)27(18)34(7)12-13-37-17-36(37)11-10-24(49-30-26(43)25(42)21(41)16-47-30)32(3,4)23(36)15-20(40)28(37)35(34,8)31(38)44/h18,20-31,40-45H,10-17H2,1-9H3. The molecule has 2 aliphatic heterocycles. The number of aliphatic hydroxyl groups is 6. The van der Waals surface area contributed by atoms with Crippen LogP contribution in [0.25, 0.3) is 0 Å². The molecule has 7 fully saturated rings. The van der Waals surface area contributed by atoms with E-state index in [-0.39, 0.29) is 41.3 Å². The largest absolute Gasteiger partial charge is 0.457 e. The zero-order valence-corrected chi connectivity index (χ0v) is 31.3. The van der Waals surface area contributed by atoms with Crippen LogP contribution < -0.4 is 0 Å². The Hall–Kier alpha value is -0.930. The Morgan fingerprint density at radius 2 is 1.60 bits per heavy atom. The Labute approximate surface area is 296 Å². The van der Waals surface area contributed by atoms with Gasteiger partial charge in [0.25, 0.3) is 0 Å². The second-order valence-corrected chi connectivity index (χ2v) is 19.1. The highest BCUT2D eigenvalue weighted by molar-refractivity contribution is 5.66. The Kier molecular flexibility index (Phi) is 8.63. The Morgan fingerprint density at radius 1 is 0.920 bits per heavy atom. The molecule has 286 valence electrons.